The molecule has 1 N–H and O–H groups in total. The first-order chi connectivity index (χ1) is 9.22. The first kappa shape index (κ1) is 12.7. The molecule has 3 aromatic rings. The zero-order chi connectivity index (χ0) is 13.4. The molecule has 0 aliphatic heterocycles. The summed E-state index contributed by atoms with van der Waals surface area (Å²) < 4.78 is 1.82. The molecule has 1 unspecified atom stereocenters. The Morgan fingerprint density at radius 2 is 2.21 bits per heavy atom. The lowest BCUT2D eigenvalue weighted by atomic mass is 10.1. The lowest BCUT2D eigenvalue weighted by Gasteiger charge is -2.10. The number of rotatable bonds is 3. The smallest absolute Gasteiger partial charge is 0.138 e. The van der Waals surface area contributed by atoms with Crippen molar-refractivity contribution in [2.24, 2.45) is 0 Å². The van der Waals surface area contributed by atoms with E-state index in [9.17, 15) is 5.11 Å². The Hall–Kier alpha value is -1.36. The normalized spacial score (nSPS) is 13.0. The third kappa shape index (κ3) is 2.06. The Morgan fingerprint density at radius 3 is 2.89 bits per heavy atom. The zero-order valence-electron chi connectivity index (χ0n) is 10.4. The van der Waals surface area contributed by atoms with Crippen molar-refractivity contribution >= 4 is 28.6 Å². The van der Waals surface area contributed by atoms with Crippen molar-refractivity contribution in [3.63, 3.8) is 0 Å². The summed E-state index contributed by atoms with van der Waals surface area (Å²) in [5.41, 5.74) is 2.35. The van der Waals surface area contributed by atoms with Gasteiger partial charge in [-0.3, -0.25) is 4.40 Å². The highest BCUT2D eigenvalue weighted by Gasteiger charge is 2.21. The third-order valence-electron chi connectivity index (χ3n) is 3.09. The van der Waals surface area contributed by atoms with Gasteiger partial charge < -0.3 is 5.11 Å². The molecule has 0 saturated carbocycles. The Balaban J connectivity index is 2.35. The van der Waals surface area contributed by atoms with Crippen LogP contribution in [0.3, 0.4) is 0 Å². The van der Waals surface area contributed by atoms with Crippen LogP contribution in [0.5, 0.6) is 0 Å². The van der Waals surface area contributed by atoms with Gasteiger partial charge in [0.25, 0.3) is 0 Å². The summed E-state index contributed by atoms with van der Waals surface area (Å²) in [5.74, 6) is 0. The van der Waals surface area contributed by atoms with Gasteiger partial charge in [-0.1, -0.05) is 30.7 Å². The number of nitrogens with zero attached hydrogens (tertiary/aromatic N) is 2. The number of aromatic nitrogens is 2. The van der Waals surface area contributed by atoms with Crippen LogP contribution in [-0.4, -0.2) is 14.5 Å². The van der Waals surface area contributed by atoms with Gasteiger partial charge in [0, 0.05) is 0 Å². The van der Waals surface area contributed by atoms with Crippen molar-refractivity contribution in [2.45, 2.75) is 19.4 Å². The van der Waals surface area contributed by atoms with E-state index < -0.39 is 6.10 Å². The molecule has 3 rings (SSSR count). The first-order valence-corrected chi connectivity index (χ1v) is 7.37. The van der Waals surface area contributed by atoms with Crippen LogP contribution in [0.2, 0.25) is 5.15 Å². The van der Waals surface area contributed by atoms with E-state index in [1.165, 1.54) is 0 Å². The molecular formula is C14H13ClN2OS. The van der Waals surface area contributed by atoms with Crippen molar-refractivity contribution in [1.82, 2.24) is 9.38 Å². The number of aliphatic hydroxyl groups is 1. The number of halogens is 1. The highest BCUT2D eigenvalue weighted by Crippen LogP contribution is 2.34. The number of fused-ring (bicyclic) bond motifs is 1. The van der Waals surface area contributed by atoms with Crippen LogP contribution in [0.4, 0.5) is 0 Å². The maximum atomic E-state index is 10.3. The van der Waals surface area contributed by atoms with Gasteiger partial charge in [-0.15, -0.1) is 11.3 Å². The zero-order valence-corrected chi connectivity index (χ0v) is 11.9. The molecule has 1 atom stereocenters. The largest absolute Gasteiger partial charge is 0.387 e. The molecule has 0 radical (unpaired) electrons. The Morgan fingerprint density at radius 1 is 1.37 bits per heavy atom. The molecule has 0 bridgehead atoms. The fourth-order valence-electron chi connectivity index (χ4n) is 2.17. The van der Waals surface area contributed by atoms with Crippen LogP contribution in [0.25, 0.3) is 16.2 Å². The van der Waals surface area contributed by atoms with E-state index in [4.69, 9.17) is 11.6 Å². The minimum atomic E-state index is -0.577. The van der Waals surface area contributed by atoms with Crippen LogP contribution >= 0.6 is 22.9 Å². The van der Waals surface area contributed by atoms with Gasteiger partial charge in [0.15, 0.2) is 0 Å². The Bertz CT molecular complexity index is 706. The molecule has 98 valence electrons. The van der Waals surface area contributed by atoms with Crippen LogP contribution in [0.1, 0.15) is 25.1 Å². The van der Waals surface area contributed by atoms with Crippen molar-refractivity contribution in [1.29, 1.82) is 0 Å². The maximum absolute atomic E-state index is 10.3. The highest BCUT2D eigenvalue weighted by atomic mass is 35.5. The van der Waals surface area contributed by atoms with Crippen molar-refractivity contribution in [3.05, 3.63) is 46.6 Å². The lowest BCUT2D eigenvalue weighted by Crippen LogP contribution is -2.02. The molecule has 19 heavy (non-hydrogen) atoms. The summed E-state index contributed by atoms with van der Waals surface area (Å²) in [6.07, 6.45) is 0.0456. The molecular weight excluding hydrogens is 280 g/mol. The van der Waals surface area contributed by atoms with Crippen molar-refractivity contribution < 1.29 is 5.11 Å². The van der Waals surface area contributed by atoms with Crippen molar-refractivity contribution in [3.8, 4) is 10.6 Å². The van der Waals surface area contributed by atoms with Crippen LogP contribution in [0.15, 0.2) is 35.7 Å². The fourth-order valence-corrected chi connectivity index (χ4v) is 3.14. The van der Waals surface area contributed by atoms with Gasteiger partial charge in [-0.2, -0.15) is 0 Å². The maximum Gasteiger partial charge on any atom is 0.138 e. The molecule has 3 heterocycles. The van der Waals surface area contributed by atoms with Crippen LogP contribution in [-0.2, 0) is 0 Å². The molecule has 0 saturated heterocycles. The predicted octanol–water partition coefficient (Wildman–Crippen LogP) is 4.16. The Labute approximate surface area is 120 Å². The monoisotopic (exact) mass is 292 g/mol. The van der Waals surface area contributed by atoms with Crippen molar-refractivity contribution in [2.75, 3.05) is 0 Å². The van der Waals surface area contributed by atoms with E-state index in [1.807, 2.05) is 41.0 Å². The quantitative estimate of drug-likeness (QED) is 0.736. The van der Waals surface area contributed by atoms with E-state index in [0.29, 0.717) is 11.6 Å². The predicted molar refractivity (Wildman–Crippen MR) is 78.8 cm³/mol. The number of imidazole rings is 1. The van der Waals surface area contributed by atoms with E-state index >= 15 is 0 Å². The van der Waals surface area contributed by atoms with Gasteiger partial charge in [0.05, 0.1) is 16.7 Å². The topological polar surface area (TPSA) is 37.5 Å². The second-order valence-corrected chi connectivity index (χ2v) is 5.62. The lowest BCUT2D eigenvalue weighted by molar-refractivity contribution is 0.168. The van der Waals surface area contributed by atoms with Crippen LogP contribution in [0, 0.1) is 0 Å². The van der Waals surface area contributed by atoms with Gasteiger partial charge in [-0.05, 0) is 30.0 Å². The second kappa shape index (κ2) is 4.96. The summed E-state index contributed by atoms with van der Waals surface area (Å²) in [5, 5.41) is 12.9. The molecule has 3 nitrogen and oxygen atoms in total. The summed E-state index contributed by atoms with van der Waals surface area (Å²) in [7, 11) is 0. The van der Waals surface area contributed by atoms with Gasteiger partial charge >= 0.3 is 0 Å². The van der Waals surface area contributed by atoms with E-state index in [2.05, 4.69) is 4.98 Å². The average Bonchev–Trinajstić information content (AvgIpc) is 3.04. The minimum absolute atomic E-state index is 0.565. The standard InChI is InChI=1S/C14H13ClN2OS/c1-2-9(18)14-13(10-5-4-8-19-10)16-12-7-3-6-11(15)17(12)14/h3-9,18H,2H2,1H3. The summed E-state index contributed by atoms with van der Waals surface area (Å²) in [6, 6.07) is 9.56. The second-order valence-electron chi connectivity index (χ2n) is 4.29. The number of aliphatic hydroxyl groups excluding tert-OH is 1. The first-order valence-electron chi connectivity index (χ1n) is 6.11. The molecule has 0 aliphatic carbocycles. The SMILES string of the molecule is CCC(O)c1c(-c2cccs2)nc2cccc(Cl)n12. The van der Waals surface area contributed by atoms with E-state index in [0.717, 1.165) is 21.9 Å². The molecule has 0 aromatic carbocycles. The minimum Gasteiger partial charge on any atom is -0.387 e. The average molecular weight is 293 g/mol. The molecule has 0 aliphatic rings. The third-order valence-corrected chi connectivity index (χ3v) is 4.26. The number of hydrogen-bond acceptors (Lipinski definition) is 3. The fraction of sp³-hybridized carbons (Fsp3) is 0.214. The number of hydrogen-bond donors (Lipinski definition) is 1. The van der Waals surface area contributed by atoms with Gasteiger partial charge in [-0.25, -0.2) is 4.98 Å². The molecule has 0 amide bonds. The molecule has 0 fully saturated rings. The van der Waals surface area contributed by atoms with E-state index in [1.54, 1.807) is 17.4 Å². The van der Waals surface area contributed by atoms with Gasteiger partial charge in [0.1, 0.15) is 16.5 Å². The Kier molecular flexibility index (Phi) is 3.31. The van der Waals surface area contributed by atoms with Crippen LogP contribution < -0.4 is 0 Å². The summed E-state index contributed by atoms with van der Waals surface area (Å²) >= 11 is 7.86. The molecule has 0 spiro atoms. The highest BCUT2D eigenvalue weighted by molar-refractivity contribution is 7.13. The number of pyridine rings is 1. The number of thiophene rings is 1. The van der Waals surface area contributed by atoms with Gasteiger partial charge in [0.2, 0.25) is 0 Å². The molecule has 3 aromatic heterocycles. The molecule has 5 heteroatoms. The summed E-state index contributed by atoms with van der Waals surface area (Å²) in [6.45, 7) is 1.94. The summed E-state index contributed by atoms with van der Waals surface area (Å²) in [4.78, 5) is 5.66. The van der Waals surface area contributed by atoms with E-state index in [-0.39, 0.29) is 0 Å².